The van der Waals surface area contributed by atoms with Crippen LogP contribution in [0.4, 0.5) is 0 Å². The molecule has 1 saturated heterocycles. The maximum Gasteiger partial charge on any atom is 0.270 e. The van der Waals surface area contributed by atoms with Crippen LogP contribution in [0.25, 0.3) is 0 Å². The predicted octanol–water partition coefficient (Wildman–Crippen LogP) is 1.76. The molecule has 0 radical (unpaired) electrons. The molecular formula is C12H17ClN2O2. The largest absolute Gasteiger partial charge is 0.393 e. The van der Waals surface area contributed by atoms with Gasteiger partial charge in [-0.1, -0.05) is 11.6 Å². The van der Waals surface area contributed by atoms with E-state index >= 15 is 0 Å². The Morgan fingerprint density at radius 2 is 2.18 bits per heavy atom. The van der Waals surface area contributed by atoms with Gasteiger partial charge in [0.15, 0.2) is 0 Å². The summed E-state index contributed by atoms with van der Waals surface area (Å²) in [6.07, 6.45) is 2.83. The van der Waals surface area contributed by atoms with Gasteiger partial charge in [-0.2, -0.15) is 0 Å². The Bertz CT molecular complexity index is 409. The van der Waals surface area contributed by atoms with E-state index in [9.17, 15) is 9.90 Å². The van der Waals surface area contributed by atoms with Crippen LogP contribution in [0.2, 0.25) is 5.02 Å². The first-order chi connectivity index (χ1) is 8.11. The van der Waals surface area contributed by atoms with E-state index in [-0.39, 0.29) is 12.0 Å². The molecule has 0 unspecified atom stereocenters. The molecule has 2 rings (SSSR count). The maximum absolute atomic E-state index is 12.3. The van der Waals surface area contributed by atoms with Gasteiger partial charge in [-0.3, -0.25) is 4.79 Å². The predicted molar refractivity (Wildman–Crippen MR) is 66.3 cm³/mol. The second kappa shape index (κ2) is 5.10. The fourth-order valence-corrected chi connectivity index (χ4v) is 2.37. The Labute approximate surface area is 106 Å². The van der Waals surface area contributed by atoms with Crippen LogP contribution in [-0.2, 0) is 6.54 Å². The molecule has 0 spiro atoms. The van der Waals surface area contributed by atoms with Crippen LogP contribution >= 0.6 is 11.6 Å². The van der Waals surface area contributed by atoms with E-state index in [1.165, 1.54) is 0 Å². The summed E-state index contributed by atoms with van der Waals surface area (Å²) in [5, 5.41) is 10.0. The van der Waals surface area contributed by atoms with Crippen LogP contribution in [0.5, 0.6) is 0 Å². The van der Waals surface area contributed by atoms with E-state index in [0.717, 1.165) is 6.54 Å². The van der Waals surface area contributed by atoms with Crippen LogP contribution in [0.1, 0.15) is 30.3 Å². The number of rotatable bonds is 2. The number of hydrogen-bond donors (Lipinski definition) is 1. The third kappa shape index (κ3) is 2.64. The Morgan fingerprint density at radius 3 is 2.76 bits per heavy atom. The number of halogens is 1. The van der Waals surface area contributed by atoms with Crippen LogP contribution in [0.15, 0.2) is 12.3 Å². The van der Waals surface area contributed by atoms with Gasteiger partial charge in [0.2, 0.25) is 0 Å². The zero-order valence-corrected chi connectivity index (χ0v) is 10.7. The van der Waals surface area contributed by atoms with Crippen molar-refractivity contribution in [3.63, 3.8) is 0 Å². The number of carbonyl (C=O) groups is 1. The average molecular weight is 257 g/mol. The monoisotopic (exact) mass is 256 g/mol. The molecule has 1 amide bonds. The molecule has 94 valence electrons. The van der Waals surface area contributed by atoms with Gasteiger partial charge in [0.1, 0.15) is 5.69 Å². The fraction of sp³-hybridized carbons (Fsp3) is 0.583. The lowest BCUT2D eigenvalue weighted by Crippen LogP contribution is -2.40. The molecule has 1 aliphatic heterocycles. The van der Waals surface area contributed by atoms with Crippen molar-refractivity contribution in [1.29, 1.82) is 0 Å². The Morgan fingerprint density at radius 1 is 1.53 bits per heavy atom. The molecule has 1 fully saturated rings. The fourth-order valence-electron chi connectivity index (χ4n) is 2.15. The molecule has 4 nitrogen and oxygen atoms in total. The van der Waals surface area contributed by atoms with Gasteiger partial charge in [0, 0.05) is 25.8 Å². The summed E-state index contributed by atoms with van der Waals surface area (Å²) < 4.78 is 1.86. The summed E-state index contributed by atoms with van der Waals surface area (Å²) in [5.41, 5.74) is 0.633. The summed E-state index contributed by atoms with van der Waals surface area (Å²) in [7, 11) is 0. The highest BCUT2D eigenvalue weighted by atomic mass is 35.5. The van der Waals surface area contributed by atoms with E-state index in [2.05, 4.69) is 0 Å². The second-order valence-electron chi connectivity index (χ2n) is 4.35. The number of aryl methyl sites for hydroxylation is 1. The summed E-state index contributed by atoms with van der Waals surface area (Å²) in [6.45, 7) is 3.94. The number of carbonyl (C=O) groups excluding carboxylic acids is 1. The molecule has 0 atom stereocenters. The summed E-state index contributed by atoms with van der Waals surface area (Å²) in [5.74, 6) is 0.00523. The standard InChI is InChI=1S/C12H17ClN2O2/c1-2-14-8-9(13)7-11(14)12(17)15-5-3-10(16)4-6-15/h7-8,10,16H,2-6H2,1H3. The van der Waals surface area contributed by atoms with Crippen LogP contribution in [0.3, 0.4) is 0 Å². The van der Waals surface area contributed by atoms with E-state index < -0.39 is 0 Å². The van der Waals surface area contributed by atoms with Crippen molar-refractivity contribution in [2.24, 2.45) is 0 Å². The number of aliphatic hydroxyl groups excluding tert-OH is 1. The first-order valence-electron chi connectivity index (χ1n) is 5.95. The van der Waals surface area contributed by atoms with Crippen molar-refractivity contribution < 1.29 is 9.90 Å². The third-order valence-corrected chi connectivity index (χ3v) is 3.38. The average Bonchev–Trinajstić information content (AvgIpc) is 2.70. The third-order valence-electron chi connectivity index (χ3n) is 3.17. The van der Waals surface area contributed by atoms with E-state index in [1.807, 2.05) is 11.5 Å². The van der Waals surface area contributed by atoms with E-state index in [1.54, 1.807) is 17.2 Å². The lowest BCUT2D eigenvalue weighted by Gasteiger charge is -2.29. The normalized spacial score (nSPS) is 17.5. The molecule has 0 aliphatic carbocycles. The number of hydrogen-bond acceptors (Lipinski definition) is 2. The molecule has 2 heterocycles. The van der Waals surface area contributed by atoms with Crippen LogP contribution < -0.4 is 0 Å². The minimum atomic E-state index is -0.263. The van der Waals surface area contributed by atoms with Crippen molar-refractivity contribution >= 4 is 17.5 Å². The number of piperidine rings is 1. The van der Waals surface area contributed by atoms with Crippen molar-refractivity contribution in [2.75, 3.05) is 13.1 Å². The number of nitrogens with zero attached hydrogens (tertiary/aromatic N) is 2. The highest BCUT2D eigenvalue weighted by molar-refractivity contribution is 6.31. The van der Waals surface area contributed by atoms with Crippen molar-refractivity contribution in [3.8, 4) is 0 Å². The number of aliphatic hydroxyl groups is 1. The molecule has 17 heavy (non-hydrogen) atoms. The van der Waals surface area contributed by atoms with Crippen molar-refractivity contribution in [2.45, 2.75) is 32.4 Å². The van der Waals surface area contributed by atoms with Crippen LogP contribution in [0, 0.1) is 0 Å². The molecule has 0 bridgehead atoms. The van der Waals surface area contributed by atoms with Gasteiger partial charge in [-0.15, -0.1) is 0 Å². The van der Waals surface area contributed by atoms with Gasteiger partial charge in [0.05, 0.1) is 11.1 Å². The lowest BCUT2D eigenvalue weighted by molar-refractivity contribution is 0.0537. The Kier molecular flexibility index (Phi) is 3.74. The van der Waals surface area contributed by atoms with Gasteiger partial charge < -0.3 is 14.6 Å². The first kappa shape index (κ1) is 12.5. The minimum Gasteiger partial charge on any atom is -0.393 e. The van der Waals surface area contributed by atoms with Crippen molar-refractivity contribution in [1.82, 2.24) is 9.47 Å². The number of likely N-dealkylation sites (tertiary alicyclic amines) is 1. The smallest absolute Gasteiger partial charge is 0.270 e. The molecule has 1 aromatic heterocycles. The molecule has 1 N–H and O–H groups in total. The van der Waals surface area contributed by atoms with Gasteiger partial charge >= 0.3 is 0 Å². The Hall–Kier alpha value is -1.00. The number of amides is 1. The minimum absolute atomic E-state index is 0.00523. The topological polar surface area (TPSA) is 45.5 Å². The highest BCUT2D eigenvalue weighted by Crippen LogP contribution is 2.18. The van der Waals surface area contributed by atoms with Gasteiger partial charge in [0.25, 0.3) is 5.91 Å². The summed E-state index contributed by atoms with van der Waals surface area (Å²) in [6, 6.07) is 1.71. The lowest BCUT2D eigenvalue weighted by atomic mass is 10.1. The zero-order valence-electron chi connectivity index (χ0n) is 9.90. The molecule has 0 saturated carbocycles. The quantitative estimate of drug-likeness (QED) is 0.876. The molecule has 0 aromatic carbocycles. The van der Waals surface area contributed by atoms with Crippen molar-refractivity contribution in [3.05, 3.63) is 23.0 Å². The first-order valence-corrected chi connectivity index (χ1v) is 6.32. The summed E-state index contributed by atoms with van der Waals surface area (Å²) in [4.78, 5) is 14.0. The molecule has 1 aromatic rings. The number of aromatic nitrogens is 1. The molecule has 1 aliphatic rings. The van der Waals surface area contributed by atoms with E-state index in [4.69, 9.17) is 11.6 Å². The molecular weight excluding hydrogens is 240 g/mol. The maximum atomic E-state index is 12.3. The zero-order chi connectivity index (χ0) is 12.4. The van der Waals surface area contributed by atoms with Crippen LogP contribution in [-0.4, -0.2) is 39.7 Å². The SMILES string of the molecule is CCn1cc(Cl)cc1C(=O)N1CCC(O)CC1. The summed E-state index contributed by atoms with van der Waals surface area (Å²) >= 11 is 5.92. The van der Waals surface area contributed by atoms with E-state index in [0.29, 0.717) is 36.6 Å². The molecule has 5 heteroatoms. The van der Waals surface area contributed by atoms with Gasteiger partial charge in [-0.05, 0) is 25.8 Å². The Balaban J connectivity index is 2.13. The van der Waals surface area contributed by atoms with Gasteiger partial charge in [-0.25, -0.2) is 0 Å². The highest BCUT2D eigenvalue weighted by Gasteiger charge is 2.24. The second-order valence-corrected chi connectivity index (χ2v) is 4.79.